The van der Waals surface area contributed by atoms with Gasteiger partial charge in [-0.25, -0.2) is 0 Å². The highest BCUT2D eigenvalue weighted by Gasteiger charge is 2.28. The van der Waals surface area contributed by atoms with E-state index in [0.29, 0.717) is 6.42 Å². The third kappa shape index (κ3) is 4.04. The summed E-state index contributed by atoms with van der Waals surface area (Å²) >= 11 is 0. The molecule has 0 radical (unpaired) electrons. The van der Waals surface area contributed by atoms with Crippen LogP contribution in [0, 0.1) is 6.92 Å². The third-order valence-corrected chi connectivity index (χ3v) is 4.48. The summed E-state index contributed by atoms with van der Waals surface area (Å²) in [5, 5.41) is 0. The summed E-state index contributed by atoms with van der Waals surface area (Å²) in [4.78, 5) is 12.1. The van der Waals surface area contributed by atoms with E-state index in [0.717, 1.165) is 35.5 Å². The number of aryl methyl sites for hydroxylation is 1. The molecule has 0 aliphatic carbocycles. The lowest BCUT2D eigenvalue weighted by Gasteiger charge is -2.30. The molecular weight excluding hydrogens is 284 g/mol. The van der Waals surface area contributed by atoms with Gasteiger partial charge in [-0.2, -0.15) is 0 Å². The molecule has 0 N–H and O–H groups in total. The summed E-state index contributed by atoms with van der Waals surface area (Å²) in [6, 6.07) is 4.39. The number of unbranched alkanes of at least 4 members (excludes halogenated alkanes) is 2. The lowest BCUT2D eigenvalue weighted by atomic mass is 9.82. The second kappa shape index (κ2) is 6.90. The molecule has 0 saturated carbocycles. The second-order valence-corrected chi connectivity index (χ2v) is 7.74. The van der Waals surface area contributed by atoms with Crippen LogP contribution in [0.15, 0.2) is 23.5 Å². The van der Waals surface area contributed by atoms with Crippen LogP contribution in [0.25, 0.3) is 0 Å². The monoisotopic (exact) mass is 314 g/mol. The number of rotatable bonds is 5. The molecule has 0 amide bonds. The summed E-state index contributed by atoms with van der Waals surface area (Å²) in [6.07, 6.45) is 4.99. The molecule has 0 saturated heterocycles. The maximum atomic E-state index is 12.1. The number of carbonyl (C=O) groups excluding carboxylic acids is 1. The van der Waals surface area contributed by atoms with Crippen molar-refractivity contribution in [3.8, 4) is 5.75 Å². The van der Waals surface area contributed by atoms with Crippen LogP contribution in [-0.2, 0) is 16.6 Å². The minimum Gasteiger partial charge on any atom is -0.461 e. The fourth-order valence-corrected chi connectivity index (χ4v) is 3.19. The van der Waals surface area contributed by atoms with Crippen LogP contribution in [0.1, 0.15) is 77.0 Å². The number of benzene rings is 1. The van der Waals surface area contributed by atoms with Crippen LogP contribution in [0.2, 0.25) is 0 Å². The van der Waals surface area contributed by atoms with Crippen molar-refractivity contribution in [3.05, 3.63) is 40.2 Å². The largest absolute Gasteiger partial charge is 0.461 e. The minimum absolute atomic E-state index is 0.0261. The van der Waals surface area contributed by atoms with Gasteiger partial charge in [-0.1, -0.05) is 58.2 Å². The Hall–Kier alpha value is -1.57. The standard InChI is InChI=1S/C21H30O2/c1-7-8-9-10-19-17(15(3)22)13-16-11-14(2)12-18(20(16)23-19)21(4,5)6/h11-12H,7-10,13H2,1-6H3. The molecule has 1 aromatic rings. The Morgan fingerprint density at radius 1 is 1.22 bits per heavy atom. The van der Waals surface area contributed by atoms with Crippen LogP contribution in [0.4, 0.5) is 0 Å². The van der Waals surface area contributed by atoms with E-state index in [9.17, 15) is 4.79 Å². The molecule has 0 atom stereocenters. The normalized spacial score (nSPS) is 14.5. The number of fused-ring (bicyclic) bond motifs is 1. The number of allylic oxidation sites excluding steroid dienone is 2. The van der Waals surface area contributed by atoms with Gasteiger partial charge >= 0.3 is 0 Å². The first-order valence-electron chi connectivity index (χ1n) is 8.78. The Morgan fingerprint density at radius 2 is 1.91 bits per heavy atom. The SMILES string of the molecule is CCCCCC1=C(C(C)=O)Cc2cc(C)cc(C(C)(C)C)c2O1. The topological polar surface area (TPSA) is 26.3 Å². The van der Waals surface area contributed by atoms with Crippen molar-refractivity contribution >= 4 is 5.78 Å². The first-order chi connectivity index (χ1) is 10.7. The highest BCUT2D eigenvalue weighted by atomic mass is 16.5. The van der Waals surface area contributed by atoms with E-state index in [-0.39, 0.29) is 11.2 Å². The van der Waals surface area contributed by atoms with Gasteiger partial charge in [0.2, 0.25) is 0 Å². The van der Waals surface area contributed by atoms with Gasteiger partial charge in [-0.05, 0) is 31.2 Å². The predicted molar refractivity (Wildman–Crippen MR) is 96.1 cm³/mol. The van der Waals surface area contributed by atoms with Crippen LogP contribution in [-0.4, -0.2) is 5.78 Å². The summed E-state index contributed by atoms with van der Waals surface area (Å²) in [5.41, 5.74) is 4.51. The molecule has 1 aromatic carbocycles. The van der Waals surface area contributed by atoms with Gasteiger partial charge in [0.25, 0.3) is 0 Å². The van der Waals surface area contributed by atoms with E-state index < -0.39 is 0 Å². The highest BCUT2D eigenvalue weighted by molar-refractivity contribution is 5.94. The third-order valence-electron chi connectivity index (χ3n) is 4.48. The van der Waals surface area contributed by atoms with Gasteiger partial charge in [0.05, 0.1) is 0 Å². The highest BCUT2D eigenvalue weighted by Crippen LogP contribution is 2.41. The van der Waals surface area contributed by atoms with Gasteiger partial charge in [-0.15, -0.1) is 0 Å². The van der Waals surface area contributed by atoms with Crippen molar-refractivity contribution in [2.75, 3.05) is 0 Å². The zero-order chi connectivity index (χ0) is 17.2. The quantitative estimate of drug-likeness (QED) is 0.656. The molecule has 0 bridgehead atoms. The van der Waals surface area contributed by atoms with Crippen molar-refractivity contribution in [1.29, 1.82) is 0 Å². The fraction of sp³-hybridized carbons (Fsp3) is 0.571. The van der Waals surface area contributed by atoms with E-state index in [1.54, 1.807) is 6.92 Å². The number of hydrogen-bond donors (Lipinski definition) is 0. The average Bonchev–Trinajstić information content (AvgIpc) is 2.45. The molecule has 0 fully saturated rings. The smallest absolute Gasteiger partial charge is 0.159 e. The second-order valence-electron chi connectivity index (χ2n) is 7.74. The molecule has 23 heavy (non-hydrogen) atoms. The molecular formula is C21H30O2. The number of Topliss-reactive ketones (excluding diaryl/α,β-unsaturated/α-hetero) is 1. The van der Waals surface area contributed by atoms with Crippen molar-refractivity contribution in [2.45, 2.75) is 79.1 Å². The van der Waals surface area contributed by atoms with Gasteiger partial charge in [0, 0.05) is 24.0 Å². The van der Waals surface area contributed by atoms with E-state index in [1.165, 1.54) is 24.0 Å². The maximum absolute atomic E-state index is 12.1. The first kappa shape index (κ1) is 17.8. The van der Waals surface area contributed by atoms with Crippen LogP contribution >= 0.6 is 0 Å². The Balaban J connectivity index is 2.44. The van der Waals surface area contributed by atoms with Crippen molar-refractivity contribution in [3.63, 3.8) is 0 Å². The van der Waals surface area contributed by atoms with Gasteiger partial charge in [0.15, 0.2) is 5.78 Å². The minimum atomic E-state index is 0.0261. The van der Waals surface area contributed by atoms with Crippen LogP contribution in [0.5, 0.6) is 5.75 Å². The molecule has 1 heterocycles. The Kier molecular flexibility index (Phi) is 5.33. The number of carbonyl (C=O) groups is 1. The number of ketones is 1. The van der Waals surface area contributed by atoms with E-state index >= 15 is 0 Å². The number of ether oxygens (including phenoxy) is 1. The fourth-order valence-electron chi connectivity index (χ4n) is 3.19. The van der Waals surface area contributed by atoms with E-state index in [1.807, 2.05) is 0 Å². The molecule has 0 spiro atoms. The molecule has 1 aliphatic heterocycles. The molecule has 1 aliphatic rings. The molecule has 2 rings (SSSR count). The molecule has 0 aromatic heterocycles. The van der Waals surface area contributed by atoms with Gasteiger partial charge in [-0.3, -0.25) is 4.79 Å². The number of hydrogen-bond acceptors (Lipinski definition) is 2. The van der Waals surface area contributed by atoms with Crippen molar-refractivity contribution in [2.24, 2.45) is 0 Å². The Morgan fingerprint density at radius 3 is 2.48 bits per heavy atom. The zero-order valence-electron chi connectivity index (χ0n) is 15.5. The zero-order valence-corrected chi connectivity index (χ0v) is 15.5. The molecule has 2 heteroatoms. The summed E-state index contributed by atoms with van der Waals surface area (Å²) in [6.45, 7) is 12.6. The van der Waals surface area contributed by atoms with Gasteiger partial charge < -0.3 is 4.74 Å². The Bertz CT molecular complexity index is 630. The molecule has 0 unspecified atom stereocenters. The summed E-state index contributed by atoms with van der Waals surface area (Å²) in [7, 11) is 0. The Labute approximate surface area is 140 Å². The maximum Gasteiger partial charge on any atom is 0.159 e. The lowest BCUT2D eigenvalue weighted by molar-refractivity contribution is -0.113. The summed E-state index contributed by atoms with van der Waals surface area (Å²) in [5.74, 6) is 2.02. The molecule has 126 valence electrons. The van der Waals surface area contributed by atoms with Crippen LogP contribution < -0.4 is 4.74 Å². The lowest BCUT2D eigenvalue weighted by Crippen LogP contribution is -2.20. The van der Waals surface area contributed by atoms with Crippen molar-refractivity contribution in [1.82, 2.24) is 0 Å². The van der Waals surface area contributed by atoms with E-state index in [2.05, 4.69) is 46.8 Å². The summed E-state index contributed by atoms with van der Waals surface area (Å²) < 4.78 is 6.32. The van der Waals surface area contributed by atoms with Crippen molar-refractivity contribution < 1.29 is 9.53 Å². The molecule has 2 nitrogen and oxygen atoms in total. The van der Waals surface area contributed by atoms with E-state index in [4.69, 9.17) is 4.74 Å². The average molecular weight is 314 g/mol. The van der Waals surface area contributed by atoms with Gasteiger partial charge in [0.1, 0.15) is 11.5 Å². The first-order valence-corrected chi connectivity index (χ1v) is 8.78. The van der Waals surface area contributed by atoms with Crippen LogP contribution in [0.3, 0.4) is 0 Å². The predicted octanol–water partition coefficient (Wildman–Crippen LogP) is 5.65.